The third kappa shape index (κ3) is 1.94. The first-order valence-corrected chi connectivity index (χ1v) is 7.41. The van der Waals surface area contributed by atoms with E-state index >= 15 is 0 Å². The van der Waals surface area contributed by atoms with Crippen LogP contribution in [-0.4, -0.2) is 16.4 Å². The van der Waals surface area contributed by atoms with E-state index in [9.17, 15) is 5.26 Å². The van der Waals surface area contributed by atoms with Crippen molar-refractivity contribution in [2.45, 2.75) is 5.88 Å². The maximum atomic E-state index is 9.21. The molecule has 0 amide bonds. The number of imidazole rings is 1. The smallest absolute Gasteiger partial charge is 0.195 e. The summed E-state index contributed by atoms with van der Waals surface area (Å²) in [6.45, 7) is 0. The average molecular weight is 303 g/mol. The zero-order chi connectivity index (χ0) is 14.1. The fraction of sp³-hybridized carbons (Fsp3) is 0.143. The molecule has 3 rings (SSSR count). The minimum atomic E-state index is 0.367. The highest BCUT2D eigenvalue weighted by Crippen LogP contribution is 2.31. The van der Waals surface area contributed by atoms with Crippen LogP contribution in [0.3, 0.4) is 0 Å². The van der Waals surface area contributed by atoms with Crippen molar-refractivity contribution in [3.8, 4) is 6.07 Å². The lowest BCUT2D eigenvalue weighted by atomic mass is 10.2. The summed E-state index contributed by atoms with van der Waals surface area (Å²) in [4.78, 5) is 7.42. The molecule has 2 aromatic heterocycles. The zero-order valence-electron chi connectivity index (χ0n) is 10.7. The molecule has 0 radical (unpaired) electrons. The van der Waals surface area contributed by atoms with Crippen molar-refractivity contribution in [2.75, 3.05) is 11.9 Å². The van der Waals surface area contributed by atoms with Crippen molar-refractivity contribution in [1.82, 2.24) is 9.38 Å². The van der Waals surface area contributed by atoms with Crippen LogP contribution in [0.1, 0.15) is 11.3 Å². The molecule has 20 heavy (non-hydrogen) atoms. The predicted molar refractivity (Wildman–Crippen MR) is 81.8 cm³/mol. The van der Waals surface area contributed by atoms with E-state index in [4.69, 9.17) is 11.6 Å². The zero-order valence-corrected chi connectivity index (χ0v) is 12.3. The first-order chi connectivity index (χ1) is 9.76. The first-order valence-electron chi connectivity index (χ1n) is 5.99. The first kappa shape index (κ1) is 13.0. The summed E-state index contributed by atoms with van der Waals surface area (Å²) in [7, 11) is 1.90. The average Bonchev–Trinajstić information content (AvgIpc) is 3.06. The molecule has 0 unspecified atom stereocenters. The van der Waals surface area contributed by atoms with Crippen molar-refractivity contribution in [3.63, 3.8) is 0 Å². The Kier molecular flexibility index (Phi) is 3.35. The maximum absolute atomic E-state index is 9.21. The van der Waals surface area contributed by atoms with Gasteiger partial charge in [0.2, 0.25) is 0 Å². The lowest BCUT2D eigenvalue weighted by molar-refractivity contribution is 1.07. The normalized spacial score (nSPS) is 10.7. The van der Waals surface area contributed by atoms with Crippen LogP contribution >= 0.6 is 22.9 Å². The second-order valence-electron chi connectivity index (χ2n) is 4.26. The standard InChI is InChI=1S/C14H11ClN4S/c1-18(11-5-3-2-4-10(11)9-16)13-12(8-15)19-6-7-20-14(19)17-13/h2-7H,8H2,1H3. The van der Waals surface area contributed by atoms with Crippen LogP contribution in [0, 0.1) is 11.3 Å². The van der Waals surface area contributed by atoms with Gasteiger partial charge in [-0.05, 0) is 12.1 Å². The summed E-state index contributed by atoms with van der Waals surface area (Å²) in [6.07, 6.45) is 1.96. The molecule has 2 heterocycles. The SMILES string of the molecule is CN(c1ccccc1C#N)c1nc2sccn2c1CCl. The minimum Gasteiger partial charge on any atom is -0.327 e. The molecule has 0 saturated carbocycles. The van der Waals surface area contributed by atoms with Gasteiger partial charge in [-0.15, -0.1) is 22.9 Å². The molecule has 0 atom stereocenters. The van der Waals surface area contributed by atoms with Gasteiger partial charge < -0.3 is 4.90 Å². The Morgan fingerprint density at radius 1 is 1.45 bits per heavy atom. The Balaban J connectivity index is 2.15. The molecule has 0 saturated heterocycles. The van der Waals surface area contributed by atoms with E-state index in [1.54, 1.807) is 17.4 Å². The number of fused-ring (bicyclic) bond motifs is 1. The Morgan fingerprint density at radius 2 is 2.25 bits per heavy atom. The number of para-hydroxylation sites is 1. The highest BCUT2D eigenvalue weighted by atomic mass is 35.5. The van der Waals surface area contributed by atoms with Crippen molar-refractivity contribution >= 4 is 39.4 Å². The third-order valence-corrected chi connectivity index (χ3v) is 4.18. The van der Waals surface area contributed by atoms with Crippen molar-refractivity contribution in [3.05, 3.63) is 47.1 Å². The molecule has 0 aliphatic carbocycles. The predicted octanol–water partition coefficient (Wildman–Crippen LogP) is 3.77. The molecule has 0 aliphatic rings. The van der Waals surface area contributed by atoms with Crippen LogP contribution in [0.5, 0.6) is 0 Å². The van der Waals surface area contributed by atoms with E-state index < -0.39 is 0 Å². The molecule has 0 fully saturated rings. The van der Waals surface area contributed by atoms with E-state index in [1.165, 1.54) is 0 Å². The Morgan fingerprint density at radius 3 is 3.00 bits per heavy atom. The fourth-order valence-corrected chi connectivity index (χ4v) is 3.17. The maximum Gasteiger partial charge on any atom is 0.195 e. The number of hydrogen-bond donors (Lipinski definition) is 0. The number of halogens is 1. The molecule has 0 N–H and O–H groups in total. The van der Waals surface area contributed by atoms with Gasteiger partial charge in [0.25, 0.3) is 0 Å². The van der Waals surface area contributed by atoms with Crippen molar-refractivity contribution in [2.24, 2.45) is 0 Å². The van der Waals surface area contributed by atoms with Gasteiger partial charge in [-0.25, -0.2) is 4.98 Å². The number of anilines is 2. The lowest BCUT2D eigenvalue weighted by Gasteiger charge is -2.19. The third-order valence-electron chi connectivity index (χ3n) is 3.17. The second-order valence-corrected chi connectivity index (χ2v) is 5.40. The van der Waals surface area contributed by atoms with Gasteiger partial charge in [-0.2, -0.15) is 5.26 Å². The number of benzene rings is 1. The highest BCUT2D eigenvalue weighted by Gasteiger charge is 2.18. The highest BCUT2D eigenvalue weighted by molar-refractivity contribution is 7.15. The summed E-state index contributed by atoms with van der Waals surface area (Å²) in [5.41, 5.74) is 2.37. The van der Waals surface area contributed by atoms with Crippen LogP contribution < -0.4 is 4.90 Å². The van der Waals surface area contributed by atoms with Crippen LogP contribution in [-0.2, 0) is 5.88 Å². The van der Waals surface area contributed by atoms with Gasteiger partial charge >= 0.3 is 0 Å². The Bertz CT molecular complexity index is 799. The van der Waals surface area contributed by atoms with Crippen LogP contribution in [0.25, 0.3) is 4.96 Å². The molecule has 4 nitrogen and oxygen atoms in total. The van der Waals surface area contributed by atoms with E-state index in [-0.39, 0.29) is 0 Å². The van der Waals surface area contributed by atoms with Gasteiger partial charge in [0.15, 0.2) is 10.8 Å². The van der Waals surface area contributed by atoms with E-state index in [1.807, 2.05) is 46.1 Å². The van der Waals surface area contributed by atoms with Gasteiger partial charge in [0.1, 0.15) is 6.07 Å². The summed E-state index contributed by atoms with van der Waals surface area (Å²) in [6, 6.07) is 9.67. The molecule has 6 heteroatoms. The molecular weight excluding hydrogens is 292 g/mol. The Hall–Kier alpha value is -2.03. The number of hydrogen-bond acceptors (Lipinski definition) is 4. The molecule has 100 valence electrons. The van der Waals surface area contributed by atoms with Gasteiger partial charge in [0, 0.05) is 18.6 Å². The topological polar surface area (TPSA) is 44.3 Å². The largest absolute Gasteiger partial charge is 0.327 e. The minimum absolute atomic E-state index is 0.367. The molecular formula is C14H11ClN4S. The van der Waals surface area contributed by atoms with Crippen LogP contribution in [0.2, 0.25) is 0 Å². The monoisotopic (exact) mass is 302 g/mol. The van der Waals surface area contributed by atoms with E-state index in [2.05, 4.69) is 11.1 Å². The number of nitrogens with zero attached hydrogens (tertiary/aromatic N) is 4. The quantitative estimate of drug-likeness (QED) is 0.692. The summed E-state index contributed by atoms with van der Waals surface area (Å²) >= 11 is 7.63. The van der Waals surface area contributed by atoms with Gasteiger partial charge in [0.05, 0.1) is 22.8 Å². The summed E-state index contributed by atoms with van der Waals surface area (Å²) in [5, 5.41) is 11.2. The molecule has 0 aliphatic heterocycles. The summed E-state index contributed by atoms with van der Waals surface area (Å²) in [5.74, 6) is 1.15. The summed E-state index contributed by atoms with van der Waals surface area (Å²) < 4.78 is 1.98. The van der Waals surface area contributed by atoms with E-state index in [0.29, 0.717) is 11.4 Å². The second kappa shape index (κ2) is 5.16. The molecule has 3 aromatic rings. The van der Waals surface area contributed by atoms with Crippen molar-refractivity contribution in [1.29, 1.82) is 5.26 Å². The van der Waals surface area contributed by atoms with Gasteiger partial charge in [-0.3, -0.25) is 4.40 Å². The lowest BCUT2D eigenvalue weighted by Crippen LogP contribution is -2.13. The fourth-order valence-electron chi connectivity index (χ4n) is 2.19. The molecule has 1 aromatic carbocycles. The number of alkyl halides is 1. The Labute approximate surface area is 125 Å². The van der Waals surface area contributed by atoms with Gasteiger partial charge in [-0.1, -0.05) is 12.1 Å². The number of thiazole rings is 1. The number of rotatable bonds is 3. The van der Waals surface area contributed by atoms with Crippen LogP contribution in [0.4, 0.5) is 11.5 Å². The number of nitriles is 1. The molecule has 0 spiro atoms. The van der Waals surface area contributed by atoms with E-state index in [0.717, 1.165) is 22.2 Å². The van der Waals surface area contributed by atoms with Crippen LogP contribution in [0.15, 0.2) is 35.8 Å². The molecule has 0 bridgehead atoms. The van der Waals surface area contributed by atoms with Crippen molar-refractivity contribution < 1.29 is 0 Å². The number of aromatic nitrogens is 2.